The molecule has 44 heavy (non-hydrogen) atoms. The van der Waals surface area contributed by atoms with Crippen molar-refractivity contribution in [3.05, 3.63) is 47.5 Å². The third-order valence-electron chi connectivity index (χ3n) is 7.75. The van der Waals surface area contributed by atoms with Gasteiger partial charge in [-0.2, -0.15) is 23.1 Å². The molecule has 0 saturated carbocycles. The van der Waals surface area contributed by atoms with E-state index in [1.54, 1.807) is 12.0 Å². The number of fused-ring (bicyclic) bond motifs is 1. The second-order valence-electron chi connectivity index (χ2n) is 10.6. The van der Waals surface area contributed by atoms with Crippen molar-refractivity contribution in [1.82, 2.24) is 24.8 Å². The van der Waals surface area contributed by atoms with Gasteiger partial charge in [0.1, 0.15) is 24.4 Å². The van der Waals surface area contributed by atoms with Crippen LogP contribution in [0.3, 0.4) is 0 Å². The Kier molecular flexibility index (Phi) is 9.42. The minimum Gasteiger partial charge on any atom is -0.462 e. The molecule has 2 fully saturated rings. The predicted octanol–water partition coefficient (Wildman–Crippen LogP) is 4.22. The number of carbonyl (C=O) groups is 1. The van der Waals surface area contributed by atoms with E-state index in [-0.39, 0.29) is 59.5 Å². The van der Waals surface area contributed by atoms with E-state index < -0.39 is 23.6 Å². The number of alkyl halides is 4. The first kappa shape index (κ1) is 31.7. The first-order valence-electron chi connectivity index (χ1n) is 14.0. The summed E-state index contributed by atoms with van der Waals surface area (Å²) < 4.78 is 67.2. The number of pyridine rings is 1. The van der Waals surface area contributed by atoms with Crippen LogP contribution >= 0.6 is 11.6 Å². The normalized spacial score (nSPS) is 19.5. The molecule has 0 aliphatic carbocycles. The maximum absolute atomic E-state index is 14.3. The van der Waals surface area contributed by atoms with E-state index in [9.17, 15) is 22.4 Å². The largest absolute Gasteiger partial charge is 0.462 e. The number of amides is 1. The highest BCUT2D eigenvalue weighted by atomic mass is 35.5. The van der Waals surface area contributed by atoms with Crippen molar-refractivity contribution < 1.29 is 31.8 Å². The summed E-state index contributed by atoms with van der Waals surface area (Å²) in [6, 6.07) is 4.55. The first-order chi connectivity index (χ1) is 21.0. The number of halogens is 5. The molecule has 2 aliphatic rings. The standard InChI is InChI=1S/C29H32ClF4N7O3/c1-3-25(42)39-6-8-40(9-7-39)27-20-13-22(30)19(26-21(29(32,33)34)4-5-24(35)37-26)14-23(20)36-28(38-27)44-16-18-12-17(31)15-41(18)10-11-43-2/h3-5,13-14,17-18H,1,6-12,15-16H2,2H3,(H2,35,37). The Labute approximate surface area is 256 Å². The van der Waals surface area contributed by atoms with Gasteiger partial charge < -0.3 is 25.0 Å². The number of rotatable bonds is 9. The van der Waals surface area contributed by atoms with Gasteiger partial charge in [-0.3, -0.25) is 9.69 Å². The number of nitrogens with two attached hydrogens (primary N) is 1. The minimum atomic E-state index is -4.72. The van der Waals surface area contributed by atoms with E-state index >= 15 is 0 Å². The average Bonchev–Trinajstić information content (AvgIpc) is 3.36. The first-order valence-corrected chi connectivity index (χ1v) is 14.4. The van der Waals surface area contributed by atoms with Gasteiger partial charge in [0.15, 0.2) is 0 Å². The zero-order valence-electron chi connectivity index (χ0n) is 24.0. The van der Waals surface area contributed by atoms with E-state index in [0.29, 0.717) is 50.5 Å². The third kappa shape index (κ3) is 6.81. The van der Waals surface area contributed by atoms with Gasteiger partial charge in [0, 0.05) is 63.4 Å². The predicted molar refractivity (Wildman–Crippen MR) is 158 cm³/mol. The Hall–Kier alpha value is -3.75. The van der Waals surface area contributed by atoms with E-state index in [1.807, 2.05) is 9.80 Å². The Balaban J connectivity index is 1.55. The van der Waals surface area contributed by atoms with Gasteiger partial charge in [0.2, 0.25) is 5.91 Å². The molecule has 1 amide bonds. The van der Waals surface area contributed by atoms with Crippen LogP contribution in [0.15, 0.2) is 36.9 Å². The van der Waals surface area contributed by atoms with Gasteiger partial charge in [0.05, 0.1) is 28.4 Å². The molecule has 2 atom stereocenters. The smallest absolute Gasteiger partial charge is 0.418 e. The van der Waals surface area contributed by atoms with Crippen LogP contribution in [0.25, 0.3) is 22.2 Å². The highest BCUT2D eigenvalue weighted by Crippen LogP contribution is 2.41. The fourth-order valence-corrected chi connectivity index (χ4v) is 5.78. The number of methoxy groups -OCH3 is 1. The second-order valence-corrected chi connectivity index (χ2v) is 11.0. The zero-order chi connectivity index (χ0) is 31.6. The quantitative estimate of drug-likeness (QED) is 0.272. The fraction of sp³-hybridized carbons (Fsp3) is 0.448. The number of carbonyl (C=O) groups excluding carboxylic acids is 1. The van der Waals surface area contributed by atoms with Crippen molar-refractivity contribution in [3.63, 3.8) is 0 Å². The molecule has 2 unspecified atom stereocenters. The molecule has 5 rings (SSSR count). The summed E-state index contributed by atoms with van der Waals surface area (Å²) >= 11 is 6.60. The van der Waals surface area contributed by atoms with Crippen molar-refractivity contribution in [1.29, 1.82) is 0 Å². The molecule has 0 bridgehead atoms. The van der Waals surface area contributed by atoms with Crippen LogP contribution in [-0.4, -0.2) is 102 Å². The van der Waals surface area contributed by atoms with Crippen molar-refractivity contribution in [2.75, 3.05) is 70.2 Å². The SMILES string of the molecule is C=CC(=O)N1CCN(c2nc(OCC3CC(F)CN3CCOC)nc3cc(-c4nc(N)ccc4C(F)(F)F)c(Cl)cc23)CC1. The monoisotopic (exact) mass is 637 g/mol. The minimum absolute atomic E-state index is 0.00572. The molecule has 4 heterocycles. The molecular formula is C29H32ClF4N7O3. The average molecular weight is 638 g/mol. The number of anilines is 2. The Bertz CT molecular complexity index is 1540. The van der Waals surface area contributed by atoms with Crippen LogP contribution in [-0.2, 0) is 15.7 Å². The summed E-state index contributed by atoms with van der Waals surface area (Å²) in [4.78, 5) is 30.8. The lowest BCUT2D eigenvalue weighted by molar-refractivity contribution is -0.137. The lowest BCUT2D eigenvalue weighted by Gasteiger charge is -2.35. The van der Waals surface area contributed by atoms with Crippen molar-refractivity contribution in [3.8, 4) is 17.3 Å². The summed E-state index contributed by atoms with van der Waals surface area (Å²) in [7, 11) is 1.57. The van der Waals surface area contributed by atoms with Crippen LogP contribution < -0.4 is 15.4 Å². The number of benzene rings is 1. The Morgan fingerprint density at radius 2 is 1.93 bits per heavy atom. The maximum atomic E-state index is 14.3. The van der Waals surface area contributed by atoms with Crippen LogP contribution in [0.5, 0.6) is 6.01 Å². The highest BCUT2D eigenvalue weighted by Gasteiger charge is 2.36. The van der Waals surface area contributed by atoms with Crippen LogP contribution in [0.4, 0.5) is 29.2 Å². The molecule has 1 aromatic carbocycles. The molecule has 10 nitrogen and oxygen atoms in total. The molecule has 2 aliphatic heterocycles. The number of hydrogen-bond acceptors (Lipinski definition) is 9. The van der Waals surface area contributed by atoms with Gasteiger partial charge >= 0.3 is 12.2 Å². The van der Waals surface area contributed by atoms with Gasteiger partial charge in [-0.05, 0) is 36.8 Å². The molecule has 0 spiro atoms. The molecule has 3 aromatic rings. The highest BCUT2D eigenvalue weighted by molar-refractivity contribution is 6.34. The summed E-state index contributed by atoms with van der Waals surface area (Å²) in [5.41, 5.74) is 4.58. The van der Waals surface area contributed by atoms with Crippen molar-refractivity contribution in [2.24, 2.45) is 0 Å². The van der Waals surface area contributed by atoms with Crippen molar-refractivity contribution >= 4 is 40.0 Å². The second kappa shape index (κ2) is 13.1. The van der Waals surface area contributed by atoms with E-state index in [2.05, 4.69) is 21.5 Å². The molecule has 0 radical (unpaired) electrons. The van der Waals surface area contributed by atoms with E-state index in [4.69, 9.17) is 26.8 Å². The molecular weight excluding hydrogens is 606 g/mol. The van der Waals surface area contributed by atoms with Crippen LogP contribution in [0, 0.1) is 0 Å². The molecule has 236 valence electrons. The number of ether oxygens (including phenoxy) is 2. The van der Waals surface area contributed by atoms with Gasteiger partial charge in [0.25, 0.3) is 0 Å². The molecule has 2 aromatic heterocycles. The number of aromatic nitrogens is 3. The molecule has 2 N–H and O–H groups in total. The topological polar surface area (TPSA) is 110 Å². The fourth-order valence-electron chi connectivity index (χ4n) is 5.52. The molecule has 2 saturated heterocycles. The Morgan fingerprint density at radius 3 is 2.61 bits per heavy atom. The third-order valence-corrected chi connectivity index (χ3v) is 8.06. The van der Waals surface area contributed by atoms with E-state index in [1.165, 1.54) is 18.2 Å². The van der Waals surface area contributed by atoms with Crippen LogP contribution in [0.2, 0.25) is 5.02 Å². The summed E-state index contributed by atoms with van der Waals surface area (Å²) in [5.74, 6) is 0.140. The number of hydrogen-bond donors (Lipinski definition) is 1. The Morgan fingerprint density at radius 1 is 1.18 bits per heavy atom. The summed E-state index contributed by atoms with van der Waals surface area (Å²) in [6.07, 6.45) is -4.21. The van der Waals surface area contributed by atoms with Crippen LogP contribution in [0.1, 0.15) is 12.0 Å². The summed E-state index contributed by atoms with van der Waals surface area (Å²) in [6.45, 7) is 6.47. The van der Waals surface area contributed by atoms with Gasteiger partial charge in [-0.1, -0.05) is 18.2 Å². The number of nitrogens with zero attached hydrogens (tertiary/aromatic N) is 6. The van der Waals surface area contributed by atoms with Gasteiger partial charge in [-0.25, -0.2) is 9.37 Å². The lowest BCUT2D eigenvalue weighted by atomic mass is 10.0. The number of piperazine rings is 1. The lowest BCUT2D eigenvalue weighted by Crippen LogP contribution is -2.48. The van der Waals surface area contributed by atoms with E-state index in [0.717, 1.165) is 12.1 Å². The maximum Gasteiger partial charge on any atom is 0.418 e. The zero-order valence-corrected chi connectivity index (χ0v) is 24.7. The molecule has 15 heteroatoms. The van der Waals surface area contributed by atoms with Crippen molar-refractivity contribution in [2.45, 2.75) is 24.8 Å². The number of likely N-dealkylation sites (tertiary alicyclic amines) is 1. The number of nitrogen functional groups attached to an aromatic ring is 1. The van der Waals surface area contributed by atoms with Gasteiger partial charge in [-0.15, -0.1) is 0 Å². The summed E-state index contributed by atoms with van der Waals surface area (Å²) in [5, 5.41) is 0.465.